The molecule has 0 unspecified atom stereocenters. The smallest absolute Gasteiger partial charge is 0.166 e. The first-order chi connectivity index (χ1) is 7.79. The van der Waals surface area contributed by atoms with Crippen molar-refractivity contribution in [1.82, 2.24) is 0 Å². The Hall–Kier alpha value is -1.22. The van der Waals surface area contributed by atoms with Crippen molar-refractivity contribution in [1.29, 1.82) is 0 Å². The molecule has 1 aliphatic rings. The summed E-state index contributed by atoms with van der Waals surface area (Å²) < 4.78 is 11.5. The number of unbranched alkanes of at least 4 members (excludes halogenated alkanes) is 1. The van der Waals surface area contributed by atoms with Crippen molar-refractivity contribution in [3.63, 3.8) is 0 Å². The van der Waals surface area contributed by atoms with Crippen LogP contribution in [0.25, 0.3) is 0 Å². The summed E-state index contributed by atoms with van der Waals surface area (Å²) in [5.41, 5.74) is -0.551. The van der Waals surface area contributed by atoms with Crippen molar-refractivity contribution in [2.75, 3.05) is 13.2 Å². The molecule has 0 saturated carbocycles. The summed E-state index contributed by atoms with van der Waals surface area (Å²) in [6, 6.07) is 7.59. The van der Waals surface area contributed by atoms with Gasteiger partial charge in [0.25, 0.3) is 0 Å². The maximum Gasteiger partial charge on any atom is 0.166 e. The third-order valence-corrected chi connectivity index (χ3v) is 2.94. The van der Waals surface area contributed by atoms with Crippen LogP contribution < -0.4 is 9.47 Å². The zero-order valence-electron chi connectivity index (χ0n) is 9.61. The predicted octanol–water partition coefficient (Wildman–Crippen LogP) is 2.38. The normalized spacial score (nSPS) is 23.1. The van der Waals surface area contributed by atoms with E-state index >= 15 is 0 Å². The second-order valence-corrected chi connectivity index (χ2v) is 4.28. The third kappa shape index (κ3) is 2.14. The molecule has 1 aliphatic heterocycles. The Balaban J connectivity index is 2.15. The molecule has 1 N–H and O–H groups in total. The van der Waals surface area contributed by atoms with E-state index in [0.717, 1.165) is 30.8 Å². The van der Waals surface area contributed by atoms with E-state index in [1.54, 1.807) is 0 Å². The molecule has 0 spiro atoms. The van der Waals surface area contributed by atoms with Gasteiger partial charge in [-0.1, -0.05) is 25.5 Å². The molecule has 0 saturated heterocycles. The van der Waals surface area contributed by atoms with Crippen LogP contribution in [0.3, 0.4) is 0 Å². The van der Waals surface area contributed by atoms with Crippen molar-refractivity contribution in [3.05, 3.63) is 24.3 Å². The molecule has 2 rings (SSSR count). The number of ether oxygens (including phenoxy) is 2. The van der Waals surface area contributed by atoms with Gasteiger partial charge in [-0.2, -0.15) is 0 Å². The molecule has 0 amide bonds. The molecule has 0 radical (unpaired) electrons. The lowest BCUT2D eigenvalue weighted by Crippen LogP contribution is -2.48. The van der Waals surface area contributed by atoms with Crippen LogP contribution in [0, 0.1) is 0 Å². The summed E-state index contributed by atoms with van der Waals surface area (Å²) in [7, 11) is 0. The van der Waals surface area contributed by atoms with Gasteiger partial charge in [0, 0.05) is 0 Å². The highest BCUT2D eigenvalue weighted by atomic mass is 16.6. The van der Waals surface area contributed by atoms with E-state index in [1.807, 2.05) is 24.3 Å². The molecular formula is C13H18O3. The topological polar surface area (TPSA) is 38.7 Å². The summed E-state index contributed by atoms with van der Waals surface area (Å²) in [6.07, 6.45) is 2.95. The summed E-state index contributed by atoms with van der Waals surface area (Å²) in [4.78, 5) is 0. The fraction of sp³-hybridized carbons (Fsp3) is 0.538. The number of aliphatic hydroxyl groups is 1. The fourth-order valence-corrected chi connectivity index (χ4v) is 1.90. The number of rotatable bonds is 4. The molecular weight excluding hydrogens is 204 g/mol. The molecule has 1 heterocycles. The molecule has 0 aliphatic carbocycles. The van der Waals surface area contributed by atoms with Crippen molar-refractivity contribution in [2.24, 2.45) is 0 Å². The Bertz CT molecular complexity index is 351. The molecule has 1 atom stereocenters. The maximum atomic E-state index is 9.49. The van der Waals surface area contributed by atoms with E-state index < -0.39 is 5.60 Å². The fourth-order valence-electron chi connectivity index (χ4n) is 1.90. The number of benzene rings is 1. The van der Waals surface area contributed by atoms with Crippen molar-refractivity contribution in [2.45, 2.75) is 31.8 Å². The zero-order valence-corrected chi connectivity index (χ0v) is 9.61. The van der Waals surface area contributed by atoms with Gasteiger partial charge in [0.2, 0.25) is 0 Å². The van der Waals surface area contributed by atoms with Gasteiger partial charge < -0.3 is 14.6 Å². The molecule has 16 heavy (non-hydrogen) atoms. The largest absolute Gasteiger partial charge is 0.485 e. The van der Waals surface area contributed by atoms with Gasteiger partial charge >= 0.3 is 0 Å². The molecule has 0 aromatic heterocycles. The minimum Gasteiger partial charge on any atom is -0.485 e. The van der Waals surface area contributed by atoms with Crippen LogP contribution in [-0.2, 0) is 0 Å². The number of para-hydroxylation sites is 2. The molecule has 3 heteroatoms. The highest BCUT2D eigenvalue weighted by Gasteiger charge is 2.36. The van der Waals surface area contributed by atoms with Crippen LogP contribution in [0.15, 0.2) is 24.3 Å². The van der Waals surface area contributed by atoms with Crippen LogP contribution in [0.5, 0.6) is 11.5 Å². The first-order valence-corrected chi connectivity index (χ1v) is 5.81. The molecule has 88 valence electrons. The van der Waals surface area contributed by atoms with Gasteiger partial charge in [-0.25, -0.2) is 0 Å². The highest BCUT2D eigenvalue weighted by Crippen LogP contribution is 2.36. The second kappa shape index (κ2) is 4.74. The zero-order chi connectivity index (χ0) is 11.4. The Morgan fingerprint density at radius 1 is 1.31 bits per heavy atom. The van der Waals surface area contributed by atoms with E-state index in [1.165, 1.54) is 0 Å². The lowest BCUT2D eigenvalue weighted by atomic mass is 9.97. The van der Waals surface area contributed by atoms with Crippen LogP contribution >= 0.6 is 0 Å². The number of hydrogen-bond donors (Lipinski definition) is 1. The second-order valence-electron chi connectivity index (χ2n) is 4.28. The number of aliphatic hydroxyl groups excluding tert-OH is 1. The summed E-state index contributed by atoms with van der Waals surface area (Å²) in [5.74, 6) is 1.50. The van der Waals surface area contributed by atoms with Crippen LogP contribution in [-0.4, -0.2) is 23.9 Å². The molecule has 1 aromatic rings. The minimum absolute atomic E-state index is 0.00132. The Kier molecular flexibility index (Phi) is 3.34. The van der Waals surface area contributed by atoms with Gasteiger partial charge in [0.15, 0.2) is 17.1 Å². The van der Waals surface area contributed by atoms with Crippen LogP contribution in [0.1, 0.15) is 26.2 Å². The first-order valence-electron chi connectivity index (χ1n) is 5.81. The van der Waals surface area contributed by atoms with Gasteiger partial charge in [-0.15, -0.1) is 0 Å². The molecule has 1 aromatic carbocycles. The van der Waals surface area contributed by atoms with Gasteiger partial charge in [-0.05, 0) is 25.0 Å². The summed E-state index contributed by atoms with van der Waals surface area (Å²) >= 11 is 0. The number of fused-ring (bicyclic) bond motifs is 1. The lowest BCUT2D eigenvalue weighted by molar-refractivity contribution is -0.0540. The predicted molar refractivity (Wildman–Crippen MR) is 61.9 cm³/mol. The van der Waals surface area contributed by atoms with E-state index in [2.05, 4.69) is 6.92 Å². The van der Waals surface area contributed by atoms with Crippen LogP contribution in [0.2, 0.25) is 0 Å². The number of hydrogen-bond acceptors (Lipinski definition) is 3. The Morgan fingerprint density at radius 2 is 2.06 bits per heavy atom. The van der Waals surface area contributed by atoms with Gasteiger partial charge in [0.05, 0.1) is 6.61 Å². The quantitative estimate of drug-likeness (QED) is 0.850. The van der Waals surface area contributed by atoms with E-state index in [0.29, 0.717) is 6.61 Å². The van der Waals surface area contributed by atoms with Crippen molar-refractivity contribution < 1.29 is 14.6 Å². The third-order valence-electron chi connectivity index (χ3n) is 2.94. The van der Waals surface area contributed by atoms with E-state index in [4.69, 9.17) is 9.47 Å². The Morgan fingerprint density at radius 3 is 2.75 bits per heavy atom. The monoisotopic (exact) mass is 222 g/mol. The van der Waals surface area contributed by atoms with E-state index in [9.17, 15) is 5.11 Å². The van der Waals surface area contributed by atoms with Gasteiger partial charge in [-0.3, -0.25) is 0 Å². The molecule has 0 bridgehead atoms. The van der Waals surface area contributed by atoms with Crippen molar-refractivity contribution >= 4 is 0 Å². The summed E-state index contributed by atoms with van der Waals surface area (Å²) in [6.45, 7) is 2.56. The van der Waals surface area contributed by atoms with Gasteiger partial charge in [0.1, 0.15) is 6.61 Å². The SMILES string of the molecule is CCCC[C@]1(CO)COc2ccccc2O1. The first kappa shape index (κ1) is 11.3. The average Bonchev–Trinajstić information content (AvgIpc) is 2.36. The minimum atomic E-state index is -0.551. The molecule has 0 fully saturated rings. The van der Waals surface area contributed by atoms with E-state index in [-0.39, 0.29) is 6.61 Å². The van der Waals surface area contributed by atoms with Crippen LogP contribution in [0.4, 0.5) is 0 Å². The standard InChI is InChI=1S/C13H18O3/c1-2-3-8-13(9-14)10-15-11-6-4-5-7-12(11)16-13/h4-7,14H,2-3,8-10H2,1H3/t13-/m0/s1. The average molecular weight is 222 g/mol. The Labute approximate surface area is 96.0 Å². The lowest BCUT2D eigenvalue weighted by Gasteiger charge is -2.37. The summed E-state index contributed by atoms with van der Waals surface area (Å²) in [5, 5.41) is 9.49. The maximum absolute atomic E-state index is 9.49. The van der Waals surface area contributed by atoms with Crippen molar-refractivity contribution in [3.8, 4) is 11.5 Å². The molecule has 3 nitrogen and oxygen atoms in total. The highest BCUT2D eigenvalue weighted by molar-refractivity contribution is 5.41.